The van der Waals surface area contributed by atoms with Gasteiger partial charge >= 0.3 is 11.9 Å². The van der Waals surface area contributed by atoms with Crippen LogP contribution in [-0.2, 0) is 29.4 Å². The maximum atomic E-state index is 12.1. The van der Waals surface area contributed by atoms with Gasteiger partial charge in [-0.25, -0.2) is 9.59 Å². The molecule has 2 aliphatic rings. The molecule has 2 aromatic carbocycles. The standard InChI is InChI=1S/C24H27ClN2O5/c1-23(17-7-5-4-6-8-17,18-9-11-19(25)12-10-18)30-16-13-24-22(26(2)14-15-27(24)3)31-20(28)21(29)32-24/h4-12,22H,13-16H2,1-3H3/t22?,23-,24?/m1/s1. The number of ether oxygens (including phenoxy) is 3. The van der Waals surface area contributed by atoms with Gasteiger partial charge in [-0.3, -0.25) is 9.80 Å². The van der Waals surface area contributed by atoms with Crippen LogP contribution in [0.2, 0.25) is 5.02 Å². The Labute approximate surface area is 192 Å². The number of esters is 2. The average Bonchev–Trinajstić information content (AvgIpc) is 2.79. The molecule has 0 amide bonds. The number of likely N-dealkylation sites (N-methyl/N-ethyl adjacent to an activating group) is 2. The SMILES string of the molecule is CN1CCN(C)C2(CCO[C@](C)(c3ccccc3)c3ccc(Cl)cc3)OC(=O)C(=O)OC12. The first kappa shape index (κ1) is 22.7. The van der Waals surface area contributed by atoms with Gasteiger partial charge in [0, 0.05) is 24.5 Å². The summed E-state index contributed by atoms with van der Waals surface area (Å²) < 4.78 is 17.7. The summed E-state index contributed by atoms with van der Waals surface area (Å²) in [5.74, 6) is -1.95. The lowest BCUT2D eigenvalue weighted by molar-refractivity contribution is -0.289. The molecule has 7 nitrogen and oxygen atoms in total. The molecule has 2 aromatic rings. The second-order valence-electron chi connectivity index (χ2n) is 8.40. The number of fused-ring (bicyclic) bond motifs is 1. The van der Waals surface area contributed by atoms with Crippen molar-refractivity contribution in [2.75, 3.05) is 33.8 Å². The number of nitrogens with zero attached hydrogens (tertiary/aromatic N) is 2. The molecule has 0 spiro atoms. The number of rotatable bonds is 6. The number of hydrogen-bond donors (Lipinski definition) is 0. The van der Waals surface area contributed by atoms with Crippen molar-refractivity contribution >= 4 is 23.5 Å². The maximum Gasteiger partial charge on any atom is 0.419 e. The molecular formula is C24H27ClN2O5. The summed E-state index contributed by atoms with van der Waals surface area (Å²) in [4.78, 5) is 27.8. The molecule has 2 unspecified atom stereocenters. The van der Waals surface area contributed by atoms with E-state index in [4.69, 9.17) is 25.8 Å². The van der Waals surface area contributed by atoms with Crippen LogP contribution in [0.25, 0.3) is 0 Å². The molecule has 0 N–H and O–H groups in total. The normalized spacial score (nSPS) is 26.1. The first-order chi connectivity index (χ1) is 15.3. The molecule has 32 heavy (non-hydrogen) atoms. The van der Waals surface area contributed by atoms with Crippen LogP contribution in [0.15, 0.2) is 54.6 Å². The topological polar surface area (TPSA) is 68.3 Å². The lowest BCUT2D eigenvalue weighted by Crippen LogP contribution is -2.72. The molecule has 3 atom stereocenters. The van der Waals surface area contributed by atoms with Crippen molar-refractivity contribution in [2.24, 2.45) is 0 Å². The summed E-state index contributed by atoms with van der Waals surface area (Å²) in [7, 11) is 3.71. The molecule has 0 radical (unpaired) electrons. The monoisotopic (exact) mass is 458 g/mol. The van der Waals surface area contributed by atoms with Crippen molar-refractivity contribution in [1.82, 2.24) is 9.80 Å². The van der Waals surface area contributed by atoms with E-state index in [1.54, 1.807) is 0 Å². The molecule has 0 bridgehead atoms. The number of halogens is 1. The van der Waals surface area contributed by atoms with Crippen molar-refractivity contribution in [3.63, 3.8) is 0 Å². The van der Waals surface area contributed by atoms with E-state index >= 15 is 0 Å². The average molecular weight is 459 g/mol. The minimum absolute atomic E-state index is 0.257. The van der Waals surface area contributed by atoms with Gasteiger partial charge in [0.2, 0.25) is 12.0 Å². The Morgan fingerprint density at radius 2 is 1.69 bits per heavy atom. The number of carbonyl (C=O) groups is 2. The van der Waals surface area contributed by atoms with Gasteiger partial charge in [-0.15, -0.1) is 0 Å². The third-order valence-corrected chi connectivity index (χ3v) is 6.70. The van der Waals surface area contributed by atoms with Crippen LogP contribution in [-0.4, -0.2) is 67.5 Å². The van der Waals surface area contributed by atoms with E-state index in [-0.39, 0.29) is 6.61 Å². The van der Waals surface area contributed by atoms with Gasteiger partial charge in [0.05, 0.1) is 6.61 Å². The highest BCUT2D eigenvalue weighted by Crippen LogP contribution is 2.38. The Bertz CT molecular complexity index is 986. The zero-order chi connectivity index (χ0) is 22.9. The van der Waals surface area contributed by atoms with E-state index in [1.807, 2.05) is 85.4 Å². The van der Waals surface area contributed by atoms with Crippen molar-refractivity contribution in [2.45, 2.75) is 30.9 Å². The largest absolute Gasteiger partial charge is 0.432 e. The third kappa shape index (κ3) is 4.01. The molecule has 4 rings (SSSR count). The molecule has 0 saturated carbocycles. The Hall–Kier alpha value is -2.45. The van der Waals surface area contributed by atoms with Crippen LogP contribution < -0.4 is 0 Å². The molecule has 2 aliphatic heterocycles. The van der Waals surface area contributed by atoms with Crippen LogP contribution in [0.3, 0.4) is 0 Å². The predicted octanol–water partition coefficient (Wildman–Crippen LogP) is 3.01. The second-order valence-corrected chi connectivity index (χ2v) is 8.84. The smallest absolute Gasteiger partial charge is 0.419 e. The van der Waals surface area contributed by atoms with Gasteiger partial charge in [-0.1, -0.05) is 54.1 Å². The van der Waals surface area contributed by atoms with Crippen molar-refractivity contribution in [3.05, 3.63) is 70.7 Å². The molecule has 2 heterocycles. The Kier molecular flexibility index (Phi) is 6.27. The summed E-state index contributed by atoms with van der Waals surface area (Å²) in [6.45, 7) is 3.60. The zero-order valence-corrected chi connectivity index (χ0v) is 19.2. The Morgan fingerprint density at radius 3 is 2.38 bits per heavy atom. The minimum atomic E-state index is -1.12. The highest BCUT2D eigenvalue weighted by atomic mass is 35.5. The van der Waals surface area contributed by atoms with Crippen molar-refractivity contribution in [3.8, 4) is 0 Å². The van der Waals surface area contributed by atoms with E-state index in [1.165, 1.54) is 0 Å². The summed E-state index contributed by atoms with van der Waals surface area (Å²) in [5, 5.41) is 0.647. The zero-order valence-electron chi connectivity index (χ0n) is 18.4. The van der Waals surface area contributed by atoms with Gasteiger partial charge in [0.15, 0.2) is 0 Å². The summed E-state index contributed by atoms with van der Waals surface area (Å²) in [5.41, 5.74) is 0.0584. The maximum absolute atomic E-state index is 12.1. The highest BCUT2D eigenvalue weighted by Gasteiger charge is 2.57. The van der Waals surface area contributed by atoms with E-state index in [0.717, 1.165) is 11.1 Å². The van der Waals surface area contributed by atoms with E-state index in [2.05, 4.69) is 0 Å². The van der Waals surface area contributed by atoms with E-state index < -0.39 is 29.5 Å². The number of piperazine rings is 1. The third-order valence-electron chi connectivity index (χ3n) is 6.45. The lowest BCUT2D eigenvalue weighted by atomic mass is 9.88. The number of hydrogen-bond acceptors (Lipinski definition) is 7. The fraction of sp³-hybridized carbons (Fsp3) is 0.417. The Morgan fingerprint density at radius 1 is 1.03 bits per heavy atom. The van der Waals surface area contributed by atoms with Gasteiger partial charge in [0.1, 0.15) is 5.60 Å². The quantitative estimate of drug-likeness (QED) is 0.487. The van der Waals surface area contributed by atoms with Crippen LogP contribution in [0, 0.1) is 0 Å². The highest BCUT2D eigenvalue weighted by molar-refractivity contribution is 6.30. The summed E-state index contributed by atoms with van der Waals surface area (Å²) in [6.07, 6.45) is -0.373. The van der Waals surface area contributed by atoms with Crippen LogP contribution >= 0.6 is 11.6 Å². The summed E-state index contributed by atoms with van der Waals surface area (Å²) >= 11 is 6.10. The Balaban J connectivity index is 1.61. The van der Waals surface area contributed by atoms with Crippen LogP contribution in [0.1, 0.15) is 24.5 Å². The van der Waals surface area contributed by atoms with Crippen LogP contribution in [0.4, 0.5) is 0 Å². The summed E-state index contributed by atoms with van der Waals surface area (Å²) in [6, 6.07) is 17.5. The van der Waals surface area contributed by atoms with Gasteiger partial charge in [0.25, 0.3) is 0 Å². The van der Waals surface area contributed by atoms with E-state index in [0.29, 0.717) is 24.5 Å². The molecule has 170 valence electrons. The van der Waals surface area contributed by atoms with E-state index in [9.17, 15) is 9.59 Å². The van der Waals surface area contributed by atoms with Crippen molar-refractivity contribution < 1.29 is 23.8 Å². The van der Waals surface area contributed by atoms with Crippen molar-refractivity contribution in [1.29, 1.82) is 0 Å². The second kappa shape index (κ2) is 8.83. The molecular weight excluding hydrogens is 432 g/mol. The molecule has 0 aromatic heterocycles. The van der Waals surface area contributed by atoms with Gasteiger partial charge in [-0.2, -0.15) is 0 Å². The first-order valence-corrected chi connectivity index (χ1v) is 10.9. The first-order valence-electron chi connectivity index (χ1n) is 10.6. The minimum Gasteiger partial charge on any atom is -0.432 e. The molecule has 2 fully saturated rings. The van der Waals surface area contributed by atoms with Gasteiger partial charge < -0.3 is 14.2 Å². The predicted molar refractivity (Wildman–Crippen MR) is 119 cm³/mol. The molecule has 2 saturated heterocycles. The van der Waals surface area contributed by atoms with Gasteiger partial charge in [-0.05, 0) is 44.3 Å². The number of carbonyl (C=O) groups excluding carboxylic acids is 2. The fourth-order valence-electron chi connectivity index (χ4n) is 4.43. The fourth-order valence-corrected chi connectivity index (χ4v) is 4.56. The molecule has 8 heteroatoms. The van der Waals surface area contributed by atoms with Crippen LogP contribution in [0.5, 0.6) is 0 Å². The molecule has 0 aliphatic carbocycles. The lowest BCUT2D eigenvalue weighted by Gasteiger charge is -2.53. The number of benzene rings is 2.